The molecule has 1 aromatic carbocycles. The van der Waals surface area contributed by atoms with Gasteiger partial charge in [0.25, 0.3) is 11.8 Å². The van der Waals surface area contributed by atoms with E-state index in [1.165, 1.54) is 0 Å². The van der Waals surface area contributed by atoms with Crippen LogP contribution in [0.5, 0.6) is 5.75 Å². The number of anilines is 1. The number of nitrogens with zero attached hydrogens (tertiary/aromatic N) is 1. The van der Waals surface area contributed by atoms with Gasteiger partial charge >= 0.3 is 0 Å². The number of amides is 2. The van der Waals surface area contributed by atoms with Crippen LogP contribution in [0.2, 0.25) is 0 Å². The molecule has 7 nitrogen and oxygen atoms in total. The molecule has 2 fully saturated rings. The third kappa shape index (κ3) is 5.23. The Morgan fingerprint density at radius 2 is 1.89 bits per heavy atom. The Labute approximate surface area is 166 Å². The second kappa shape index (κ2) is 9.39. The van der Waals surface area contributed by atoms with Crippen LogP contribution in [0.3, 0.4) is 0 Å². The normalized spacial score (nSPS) is 19.0. The van der Waals surface area contributed by atoms with Crippen molar-refractivity contribution in [3.63, 3.8) is 0 Å². The number of nitrogens with one attached hydrogen (secondary N) is 1. The van der Waals surface area contributed by atoms with Gasteiger partial charge in [-0.2, -0.15) is 0 Å². The van der Waals surface area contributed by atoms with E-state index in [0.717, 1.165) is 19.3 Å². The van der Waals surface area contributed by atoms with Gasteiger partial charge in [-0.3, -0.25) is 9.59 Å². The van der Waals surface area contributed by atoms with Gasteiger partial charge in [-0.15, -0.1) is 0 Å². The molecule has 1 saturated carbocycles. The van der Waals surface area contributed by atoms with Gasteiger partial charge in [0.2, 0.25) is 0 Å². The Morgan fingerprint density at radius 3 is 2.50 bits per heavy atom. The first-order valence-corrected chi connectivity index (χ1v) is 10.1. The molecule has 1 atom stereocenters. The van der Waals surface area contributed by atoms with Crippen LogP contribution in [0, 0.1) is 5.92 Å². The standard InChI is InChI=1S/C21H30N2O5/c1-3-12-28-21(2,16-4-5-16)20(25)22-17-6-8-18(9-7-17)27-15-19(24)23-10-13-26-14-11-23/h6-9,16H,3-5,10-15H2,1-2H3,(H,22,25)/t21-/m0/s1. The number of carbonyl (C=O) groups excluding carboxylic acids is 2. The number of benzene rings is 1. The van der Waals surface area contributed by atoms with Crippen molar-refractivity contribution in [2.45, 2.75) is 38.7 Å². The summed E-state index contributed by atoms with van der Waals surface area (Å²) in [6.45, 7) is 6.84. The molecule has 0 unspecified atom stereocenters. The van der Waals surface area contributed by atoms with Crippen molar-refractivity contribution in [3.05, 3.63) is 24.3 Å². The zero-order valence-electron chi connectivity index (χ0n) is 16.7. The first-order valence-electron chi connectivity index (χ1n) is 10.1. The van der Waals surface area contributed by atoms with Crippen molar-refractivity contribution in [2.75, 3.05) is 44.8 Å². The Morgan fingerprint density at radius 1 is 1.21 bits per heavy atom. The van der Waals surface area contributed by atoms with Crippen molar-refractivity contribution < 1.29 is 23.8 Å². The van der Waals surface area contributed by atoms with Crippen LogP contribution in [0.4, 0.5) is 5.69 Å². The molecular formula is C21H30N2O5. The van der Waals surface area contributed by atoms with E-state index in [0.29, 0.717) is 44.3 Å². The zero-order valence-corrected chi connectivity index (χ0v) is 16.7. The summed E-state index contributed by atoms with van der Waals surface area (Å²) in [7, 11) is 0. The highest BCUT2D eigenvalue weighted by Gasteiger charge is 2.48. The lowest BCUT2D eigenvalue weighted by molar-refractivity contribution is -0.142. The topological polar surface area (TPSA) is 77.1 Å². The minimum atomic E-state index is -0.782. The van der Waals surface area contributed by atoms with E-state index < -0.39 is 5.60 Å². The van der Waals surface area contributed by atoms with Crippen molar-refractivity contribution >= 4 is 17.5 Å². The number of morpholine rings is 1. The maximum atomic E-state index is 12.8. The predicted octanol–water partition coefficient (Wildman–Crippen LogP) is 2.46. The SMILES string of the molecule is CCCO[C@](C)(C(=O)Nc1ccc(OCC(=O)N2CCOCC2)cc1)C1CC1. The maximum Gasteiger partial charge on any atom is 0.260 e. The highest BCUT2D eigenvalue weighted by atomic mass is 16.5. The summed E-state index contributed by atoms with van der Waals surface area (Å²) in [6, 6.07) is 7.06. The first kappa shape index (κ1) is 20.6. The van der Waals surface area contributed by atoms with Gasteiger partial charge in [-0.05, 0) is 56.4 Å². The van der Waals surface area contributed by atoms with Gasteiger partial charge in [0.15, 0.2) is 6.61 Å². The third-order valence-electron chi connectivity index (χ3n) is 5.25. The fourth-order valence-electron chi connectivity index (χ4n) is 3.26. The molecule has 2 amide bonds. The molecule has 1 N–H and O–H groups in total. The average molecular weight is 390 g/mol. The average Bonchev–Trinajstić information content (AvgIpc) is 3.57. The Hall–Kier alpha value is -2.12. The molecule has 1 saturated heterocycles. The molecule has 0 spiro atoms. The van der Waals surface area contributed by atoms with Crippen LogP contribution < -0.4 is 10.1 Å². The highest BCUT2D eigenvalue weighted by Crippen LogP contribution is 2.42. The monoisotopic (exact) mass is 390 g/mol. The molecule has 154 valence electrons. The van der Waals surface area contributed by atoms with Gasteiger partial charge in [0.05, 0.1) is 13.2 Å². The van der Waals surface area contributed by atoms with Crippen LogP contribution in [0.1, 0.15) is 33.1 Å². The molecule has 3 rings (SSSR count). The van der Waals surface area contributed by atoms with E-state index in [1.54, 1.807) is 29.2 Å². The van der Waals surface area contributed by atoms with Crippen molar-refractivity contribution in [1.29, 1.82) is 0 Å². The highest BCUT2D eigenvalue weighted by molar-refractivity contribution is 5.97. The Balaban J connectivity index is 1.50. The number of hydrogen-bond acceptors (Lipinski definition) is 5. The van der Waals surface area contributed by atoms with Gasteiger partial charge in [0, 0.05) is 25.4 Å². The van der Waals surface area contributed by atoms with Crippen LogP contribution in [-0.4, -0.2) is 61.8 Å². The van der Waals surface area contributed by atoms with Gasteiger partial charge in [0.1, 0.15) is 11.4 Å². The predicted molar refractivity (Wildman–Crippen MR) is 105 cm³/mol. The maximum absolute atomic E-state index is 12.8. The number of carbonyl (C=O) groups is 2. The van der Waals surface area contributed by atoms with E-state index >= 15 is 0 Å². The summed E-state index contributed by atoms with van der Waals surface area (Å²) in [5, 5.41) is 2.95. The van der Waals surface area contributed by atoms with E-state index in [2.05, 4.69) is 5.32 Å². The summed E-state index contributed by atoms with van der Waals surface area (Å²) in [4.78, 5) is 26.6. The second-order valence-electron chi connectivity index (χ2n) is 7.49. The Bertz CT molecular complexity index is 668. The fourth-order valence-corrected chi connectivity index (χ4v) is 3.26. The third-order valence-corrected chi connectivity index (χ3v) is 5.25. The minimum Gasteiger partial charge on any atom is -0.484 e. The van der Waals surface area contributed by atoms with E-state index in [1.807, 2.05) is 13.8 Å². The van der Waals surface area contributed by atoms with Crippen molar-refractivity contribution in [3.8, 4) is 5.75 Å². The summed E-state index contributed by atoms with van der Waals surface area (Å²) in [5.41, 5.74) is -0.0979. The van der Waals surface area contributed by atoms with E-state index in [4.69, 9.17) is 14.2 Å². The Kier molecular flexibility index (Phi) is 6.91. The van der Waals surface area contributed by atoms with E-state index in [-0.39, 0.29) is 24.3 Å². The number of ether oxygens (including phenoxy) is 3. The largest absolute Gasteiger partial charge is 0.484 e. The lowest BCUT2D eigenvalue weighted by atomic mass is 9.98. The van der Waals surface area contributed by atoms with Crippen molar-refractivity contribution in [1.82, 2.24) is 4.90 Å². The van der Waals surface area contributed by atoms with Crippen molar-refractivity contribution in [2.24, 2.45) is 5.92 Å². The fraction of sp³-hybridized carbons (Fsp3) is 0.619. The molecule has 0 aromatic heterocycles. The quantitative estimate of drug-likeness (QED) is 0.701. The number of hydrogen-bond donors (Lipinski definition) is 1. The molecule has 1 aliphatic heterocycles. The van der Waals surface area contributed by atoms with Gasteiger partial charge < -0.3 is 24.4 Å². The number of rotatable bonds is 9. The molecule has 7 heteroatoms. The summed E-state index contributed by atoms with van der Waals surface area (Å²) in [5.74, 6) is 0.716. The molecule has 28 heavy (non-hydrogen) atoms. The molecule has 2 aliphatic rings. The van der Waals surface area contributed by atoms with Gasteiger partial charge in [-0.25, -0.2) is 0 Å². The summed E-state index contributed by atoms with van der Waals surface area (Å²) >= 11 is 0. The van der Waals surface area contributed by atoms with Crippen LogP contribution in [0.25, 0.3) is 0 Å². The lowest BCUT2D eigenvalue weighted by Gasteiger charge is -2.28. The molecule has 1 aromatic rings. The van der Waals surface area contributed by atoms with E-state index in [9.17, 15) is 9.59 Å². The lowest BCUT2D eigenvalue weighted by Crippen LogP contribution is -2.45. The summed E-state index contributed by atoms with van der Waals surface area (Å²) in [6.07, 6.45) is 2.93. The molecule has 1 aliphatic carbocycles. The first-order chi connectivity index (χ1) is 13.5. The molecule has 1 heterocycles. The smallest absolute Gasteiger partial charge is 0.260 e. The molecule has 0 bridgehead atoms. The van der Waals surface area contributed by atoms with Crippen LogP contribution in [0.15, 0.2) is 24.3 Å². The zero-order chi connectivity index (χ0) is 20.0. The second-order valence-corrected chi connectivity index (χ2v) is 7.49. The molecular weight excluding hydrogens is 360 g/mol. The van der Waals surface area contributed by atoms with Crippen LogP contribution >= 0.6 is 0 Å². The van der Waals surface area contributed by atoms with Gasteiger partial charge in [-0.1, -0.05) is 6.92 Å². The summed E-state index contributed by atoms with van der Waals surface area (Å²) < 4.78 is 16.7. The van der Waals surface area contributed by atoms with Crippen LogP contribution in [-0.2, 0) is 19.1 Å². The molecule has 0 radical (unpaired) electrons. The minimum absolute atomic E-state index is 0.00366.